The lowest BCUT2D eigenvalue weighted by Gasteiger charge is -2.12. The van der Waals surface area contributed by atoms with E-state index in [1.54, 1.807) is 0 Å². The minimum Gasteiger partial charge on any atom is -0.366 e. The van der Waals surface area contributed by atoms with E-state index in [1.807, 2.05) is 26.0 Å². The number of hydrogen-bond donors (Lipinski definition) is 2. The van der Waals surface area contributed by atoms with Gasteiger partial charge in [0.25, 0.3) is 0 Å². The largest absolute Gasteiger partial charge is 0.366 e. The summed E-state index contributed by atoms with van der Waals surface area (Å²) in [6.45, 7) is 12.2. The lowest BCUT2D eigenvalue weighted by molar-refractivity contribution is 0.0990. The first-order valence-electron chi connectivity index (χ1n) is 10.0. The molecule has 0 bridgehead atoms. The predicted octanol–water partition coefficient (Wildman–Crippen LogP) is 4.44. The maximum absolute atomic E-state index is 11.3. The zero-order chi connectivity index (χ0) is 21.4. The fourth-order valence-corrected chi connectivity index (χ4v) is 3.77. The summed E-state index contributed by atoms with van der Waals surface area (Å²) in [5.41, 5.74) is 18.8. The Morgan fingerprint density at radius 3 is 1.18 bits per heavy atom. The van der Waals surface area contributed by atoms with Crippen molar-refractivity contribution in [3.05, 3.63) is 68.8 Å². The van der Waals surface area contributed by atoms with Crippen LogP contribution in [0, 0.1) is 13.8 Å². The van der Waals surface area contributed by atoms with Crippen LogP contribution in [-0.4, -0.2) is 11.8 Å². The van der Waals surface area contributed by atoms with Gasteiger partial charge in [0.2, 0.25) is 11.8 Å². The molecule has 0 aliphatic rings. The van der Waals surface area contributed by atoms with Crippen molar-refractivity contribution in [2.75, 3.05) is 0 Å². The number of carbonyl (C=O) groups excluding carboxylic acids is 2. The Hall–Kier alpha value is -2.62. The zero-order valence-electron chi connectivity index (χ0n) is 18.1. The van der Waals surface area contributed by atoms with Crippen LogP contribution < -0.4 is 11.5 Å². The number of hydrogen-bond acceptors (Lipinski definition) is 2. The lowest BCUT2D eigenvalue weighted by Crippen LogP contribution is -2.16. The first kappa shape index (κ1) is 23.4. The summed E-state index contributed by atoms with van der Waals surface area (Å²) in [6, 6.07) is 8.11. The van der Waals surface area contributed by atoms with Crippen molar-refractivity contribution in [3.63, 3.8) is 0 Å². The Bertz CT molecular complexity index is 783. The van der Waals surface area contributed by atoms with Crippen LogP contribution in [0.5, 0.6) is 0 Å². The molecule has 4 N–H and O–H groups in total. The highest BCUT2D eigenvalue weighted by Gasteiger charge is 2.13. The molecule has 2 aromatic rings. The Morgan fingerprint density at radius 1 is 0.643 bits per heavy atom. The summed E-state index contributed by atoms with van der Waals surface area (Å²) in [6.07, 6.45) is 3.62. The van der Waals surface area contributed by atoms with Gasteiger partial charge in [-0.3, -0.25) is 9.59 Å². The van der Waals surface area contributed by atoms with Gasteiger partial charge in [-0.05, 0) is 72.9 Å². The van der Waals surface area contributed by atoms with Crippen LogP contribution in [0.1, 0.15) is 81.8 Å². The van der Waals surface area contributed by atoms with Crippen molar-refractivity contribution in [1.29, 1.82) is 0 Å². The van der Waals surface area contributed by atoms with Crippen LogP contribution in [-0.2, 0) is 25.7 Å². The van der Waals surface area contributed by atoms with Crippen LogP contribution in [0.4, 0.5) is 0 Å². The minimum absolute atomic E-state index is 0.311. The van der Waals surface area contributed by atoms with Gasteiger partial charge < -0.3 is 11.5 Å². The van der Waals surface area contributed by atoms with Gasteiger partial charge in [-0.15, -0.1) is 0 Å². The van der Waals surface area contributed by atoms with Crippen molar-refractivity contribution in [1.82, 2.24) is 0 Å². The van der Waals surface area contributed by atoms with E-state index >= 15 is 0 Å². The molecule has 0 atom stereocenters. The SMILES string of the molecule is CCc1ccc(C)c(C(N)=O)c1CC.CCc1ccc(C)c(C(N)=O)c1CC. The van der Waals surface area contributed by atoms with E-state index in [0.717, 1.165) is 47.9 Å². The second-order valence-electron chi connectivity index (χ2n) is 6.93. The van der Waals surface area contributed by atoms with Crippen LogP contribution in [0.2, 0.25) is 0 Å². The standard InChI is InChI=1S/2C12H17NO/c2*1-4-9-7-6-8(3)11(12(13)14)10(9)5-2/h2*6-7H,4-5H2,1-3H3,(H2,13,14). The quantitative estimate of drug-likeness (QED) is 0.774. The average Bonchev–Trinajstić information content (AvgIpc) is 2.66. The highest BCUT2D eigenvalue weighted by atomic mass is 16.1. The van der Waals surface area contributed by atoms with Gasteiger partial charge in [-0.2, -0.15) is 0 Å². The monoisotopic (exact) mass is 382 g/mol. The van der Waals surface area contributed by atoms with Gasteiger partial charge in [0.05, 0.1) is 0 Å². The fourth-order valence-electron chi connectivity index (χ4n) is 3.77. The van der Waals surface area contributed by atoms with E-state index in [9.17, 15) is 9.59 Å². The third-order valence-corrected chi connectivity index (χ3v) is 5.20. The molecule has 4 nitrogen and oxygen atoms in total. The minimum atomic E-state index is -0.311. The molecule has 2 amide bonds. The van der Waals surface area contributed by atoms with Gasteiger partial charge in [-0.25, -0.2) is 0 Å². The van der Waals surface area contributed by atoms with Crippen LogP contribution in [0.15, 0.2) is 24.3 Å². The maximum Gasteiger partial charge on any atom is 0.249 e. The van der Waals surface area contributed by atoms with Crippen LogP contribution >= 0.6 is 0 Å². The molecule has 4 heteroatoms. The van der Waals surface area contributed by atoms with Gasteiger partial charge in [-0.1, -0.05) is 52.0 Å². The molecule has 0 spiro atoms. The number of carbonyl (C=O) groups is 2. The molecule has 2 aromatic carbocycles. The van der Waals surface area contributed by atoms with Gasteiger partial charge in [0.1, 0.15) is 0 Å². The molecule has 0 aromatic heterocycles. The van der Waals surface area contributed by atoms with Crippen molar-refractivity contribution >= 4 is 11.8 Å². The Labute approximate surface area is 169 Å². The third kappa shape index (κ3) is 5.22. The summed E-state index contributed by atoms with van der Waals surface area (Å²) in [7, 11) is 0. The summed E-state index contributed by atoms with van der Waals surface area (Å²) < 4.78 is 0. The fraction of sp³-hybridized carbons (Fsp3) is 0.417. The summed E-state index contributed by atoms with van der Waals surface area (Å²) in [5.74, 6) is -0.621. The van der Waals surface area contributed by atoms with Gasteiger partial charge in [0, 0.05) is 11.1 Å². The molecule has 0 aliphatic heterocycles. The molecular formula is C24H34N2O2. The van der Waals surface area contributed by atoms with Crippen molar-refractivity contribution < 1.29 is 9.59 Å². The van der Waals surface area contributed by atoms with Crippen molar-refractivity contribution in [3.8, 4) is 0 Å². The highest BCUT2D eigenvalue weighted by Crippen LogP contribution is 2.21. The number of nitrogens with two attached hydrogens (primary N) is 2. The van der Waals surface area contributed by atoms with E-state index in [4.69, 9.17) is 11.5 Å². The number of benzene rings is 2. The van der Waals surface area contributed by atoms with E-state index in [2.05, 4.69) is 39.8 Å². The Balaban J connectivity index is 0.000000280. The molecule has 28 heavy (non-hydrogen) atoms. The van der Waals surface area contributed by atoms with E-state index < -0.39 is 0 Å². The van der Waals surface area contributed by atoms with E-state index in [1.165, 1.54) is 11.1 Å². The normalized spacial score (nSPS) is 10.2. The van der Waals surface area contributed by atoms with E-state index in [-0.39, 0.29) is 11.8 Å². The molecule has 0 unspecified atom stereocenters. The van der Waals surface area contributed by atoms with Gasteiger partial charge >= 0.3 is 0 Å². The third-order valence-electron chi connectivity index (χ3n) is 5.20. The number of amides is 2. The second kappa shape index (κ2) is 10.6. The molecule has 2 rings (SSSR count). The number of primary amides is 2. The number of aryl methyl sites for hydroxylation is 4. The maximum atomic E-state index is 11.3. The Morgan fingerprint density at radius 2 is 0.964 bits per heavy atom. The molecule has 0 radical (unpaired) electrons. The molecular weight excluding hydrogens is 348 g/mol. The molecule has 0 fully saturated rings. The second-order valence-corrected chi connectivity index (χ2v) is 6.93. The summed E-state index contributed by atoms with van der Waals surface area (Å²) in [5, 5.41) is 0. The Kier molecular flexibility index (Phi) is 8.90. The first-order valence-corrected chi connectivity index (χ1v) is 10.0. The van der Waals surface area contributed by atoms with Crippen molar-refractivity contribution in [2.45, 2.75) is 67.2 Å². The van der Waals surface area contributed by atoms with E-state index in [0.29, 0.717) is 11.1 Å². The predicted molar refractivity (Wildman–Crippen MR) is 117 cm³/mol. The van der Waals surface area contributed by atoms with Gasteiger partial charge in [0.15, 0.2) is 0 Å². The summed E-state index contributed by atoms with van der Waals surface area (Å²) in [4.78, 5) is 22.6. The topological polar surface area (TPSA) is 86.2 Å². The summed E-state index contributed by atoms with van der Waals surface area (Å²) >= 11 is 0. The smallest absolute Gasteiger partial charge is 0.249 e. The molecule has 0 saturated carbocycles. The lowest BCUT2D eigenvalue weighted by atomic mass is 9.93. The van der Waals surface area contributed by atoms with Crippen LogP contribution in [0.3, 0.4) is 0 Å². The molecule has 0 aliphatic carbocycles. The highest BCUT2D eigenvalue weighted by molar-refractivity contribution is 5.96. The molecule has 0 saturated heterocycles. The zero-order valence-corrected chi connectivity index (χ0v) is 18.1. The number of rotatable bonds is 6. The van der Waals surface area contributed by atoms with Crippen LogP contribution in [0.25, 0.3) is 0 Å². The molecule has 0 heterocycles. The first-order chi connectivity index (χ1) is 13.2. The van der Waals surface area contributed by atoms with Crippen molar-refractivity contribution in [2.24, 2.45) is 11.5 Å². The molecule has 152 valence electrons. The average molecular weight is 383 g/mol.